The van der Waals surface area contributed by atoms with Gasteiger partial charge in [-0.25, -0.2) is 0 Å². The van der Waals surface area contributed by atoms with Gasteiger partial charge >= 0.3 is 11.9 Å². The Morgan fingerprint density at radius 3 is 1.68 bits per heavy atom. The van der Waals surface area contributed by atoms with Crippen LogP contribution in [0.25, 0.3) is 0 Å². The Bertz CT molecular complexity index is 379. The molecule has 1 unspecified atom stereocenters. The number of carbonyl (C=O) groups excluding carboxylic acids is 2. The number of ether oxygens (including phenoxy) is 2. The molecule has 0 radical (unpaired) electrons. The van der Waals surface area contributed by atoms with Crippen molar-refractivity contribution in [2.75, 3.05) is 13.2 Å². The fourth-order valence-corrected chi connectivity index (χ4v) is 3.32. The number of hydrogen-bond acceptors (Lipinski definition) is 4. The van der Waals surface area contributed by atoms with Crippen LogP contribution in [-0.2, 0) is 19.1 Å². The maximum absolute atomic E-state index is 12.3. The highest BCUT2D eigenvalue weighted by molar-refractivity contribution is 5.79. The lowest BCUT2D eigenvalue weighted by molar-refractivity contribution is -0.156. The fourth-order valence-electron chi connectivity index (χ4n) is 3.32. The molecule has 4 heteroatoms. The first-order valence-electron chi connectivity index (χ1n) is 11.8. The van der Waals surface area contributed by atoms with Gasteiger partial charge in [-0.15, -0.1) is 0 Å². The highest BCUT2D eigenvalue weighted by Crippen LogP contribution is 2.19. The molecule has 0 rings (SSSR count). The summed E-state index contributed by atoms with van der Waals surface area (Å²) < 4.78 is 10.4. The second-order valence-electron chi connectivity index (χ2n) is 8.41. The molecule has 0 spiro atoms. The third-order valence-electron chi connectivity index (χ3n) is 5.02. The summed E-state index contributed by atoms with van der Waals surface area (Å²) in [4.78, 5) is 24.1. The molecule has 1 atom stereocenters. The van der Waals surface area contributed by atoms with E-state index in [1.54, 1.807) is 6.92 Å². The van der Waals surface area contributed by atoms with Crippen molar-refractivity contribution in [3.8, 4) is 0 Å². The molecule has 0 aliphatic heterocycles. The fraction of sp³-hybridized carbons (Fsp3) is 0.917. The van der Waals surface area contributed by atoms with Crippen LogP contribution in [0, 0.1) is 11.8 Å². The predicted octanol–water partition coefficient (Wildman–Crippen LogP) is 6.85. The monoisotopic (exact) mass is 398 g/mol. The topological polar surface area (TPSA) is 52.6 Å². The molecule has 0 N–H and O–H groups in total. The van der Waals surface area contributed by atoms with Gasteiger partial charge in [-0.1, -0.05) is 97.8 Å². The number of hydrogen-bond donors (Lipinski definition) is 0. The highest BCUT2D eigenvalue weighted by atomic mass is 16.5. The summed E-state index contributed by atoms with van der Waals surface area (Å²) in [7, 11) is 0. The Morgan fingerprint density at radius 1 is 0.714 bits per heavy atom. The first-order chi connectivity index (χ1) is 13.5. The van der Waals surface area contributed by atoms with Crippen molar-refractivity contribution in [3.63, 3.8) is 0 Å². The van der Waals surface area contributed by atoms with Crippen LogP contribution in [-0.4, -0.2) is 25.2 Å². The number of esters is 2. The molecule has 166 valence electrons. The lowest BCUT2D eigenvalue weighted by Crippen LogP contribution is -2.23. The Labute approximate surface area is 174 Å². The molecule has 0 aliphatic carbocycles. The predicted molar refractivity (Wildman–Crippen MR) is 116 cm³/mol. The van der Waals surface area contributed by atoms with Gasteiger partial charge in [-0.05, 0) is 19.3 Å². The minimum absolute atomic E-state index is 0.142. The van der Waals surface area contributed by atoms with Crippen molar-refractivity contribution >= 4 is 11.9 Å². The molecule has 0 heterocycles. The Morgan fingerprint density at radius 2 is 1.21 bits per heavy atom. The first-order valence-corrected chi connectivity index (χ1v) is 11.8. The SMILES string of the molecule is CCCCCCCCCCCCCCC(CC(=O)OCC)C(=O)OCC(C)C. The summed E-state index contributed by atoms with van der Waals surface area (Å²) in [6.45, 7) is 8.84. The number of unbranched alkanes of at least 4 members (excludes halogenated alkanes) is 11. The number of carbonyl (C=O) groups is 2. The average molecular weight is 399 g/mol. The Kier molecular flexibility index (Phi) is 18.5. The largest absolute Gasteiger partial charge is 0.466 e. The molecular weight excluding hydrogens is 352 g/mol. The van der Waals surface area contributed by atoms with E-state index in [-0.39, 0.29) is 24.3 Å². The van der Waals surface area contributed by atoms with Gasteiger partial charge in [-0.3, -0.25) is 9.59 Å². The summed E-state index contributed by atoms with van der Waals surface area (Å²) >= 11 is 0. The van der Waals surface area contributed by atoms with Crippen molar-refractivity contribution in [2.45, 2.75) is 118 Å². The molecular formula is C24H46O4. The first kappa shape index (κ1) is 26.9. The molecule has 0 amide bonds. The van der Waals surface area contributed by atoms with Crippen molar-refractivity contribution in [1.29, 1.82) is 0 Å². The number of rotatable bonds is 19. The average Bonchev–Trinajstić information content (AvgIpc) is 2.66. The van der Waals surface area contributed by atoms with Crippen molar-refractivity contribution < 1.29 is 19.1 Å². The maximum atomic E-state index is 12.3. The summed E-state index contributed by atoms with van der Waals surface area (Å²) in [5, 5.41) is 0. The quantitative estimate of drug-likeness (QED) is 0.176. The van der Waals surface area contributed by atoms with Crippen LogP contribution in [0.15, 0.2) is 0 Å². The van der Waals surface area contributed by atoms with Gasteiger partial charge in [0.1, 0.15) is 0 Å². The Balaban J connectivity index is 3.88. The lowest BCUT2D eigenvalue weighted by atomic mass is 9.97. The summed E-state index contributed by atoms with van der Waals surface area (Å²) in [6, 6.07) is 0. The van der Waals surface area contributed by atoms with Gasteiger partial charge in [0.2, 0.25) is 0 Å². The van der Waals surface area contributed by atoms with Crippen LogP contribution in [0.1, 0.15) is 118 Å². The van der Waals surface area contributed by atoms with Crippen molar-refractivity contribution in [1.82, 2.24) is 0 Å². The standard InChI is InChI=1S/C24H46O4/c1-5-7-8-9-10-11-12-13-14-15-16-17-18-22(19-23(25)27-6-2)24(26)28-20-21(3)4/h21-22H,5-20H2,1-4H3. The van der Waals surface area contributed by atoms with Gasteiger partial charge in [-0.2, -0.15) is 0 Å². The second-order valence-corrected chi connectivity index (χ2v) is 8.41. The van der Waals surface area contributed by atoms with Crippen LogP contribution in [0.3, 0.4) is 0 Å². The van der Waals surface area contributed by atoms with E-state index in [1.165, 1.54) is 64.2 Å². The van der Waals surface area contributed by atoms with Crippen molar-refractivity contribution in [2.24, 2.45) is 11.8 Å². The molecule has 0 aromatic heterocycles. The van der Waals surface area contributed by atoms with Gasteiger partial charge in [0.25, 0.3) is 0 Å². The van der Waals surface area contributed by atoms with E-state index < -0.39 is 0 Å². The second kappa shape index (κ2) is 19.3. The van der Waals surface area contributed by atoms with E-state index in [0.717, 1.165) is 12.8 Å². The molecule has 28 heavy (non-hydrogen) atoms. The molecule has 0 aromatic carbocycles. The van der Waals surface area contributed by atoms with Gasteiger partial charge in [0, 0.05) is 0 Å². The summed E-state index contributed by atoms with van der Waals surface area (Å²) in [5.74, 6) is -0.600. The minimum Gasteiger partial charge on any atom is -0.466 e. The third kappa shape index (κ3) is 17.1. The third-order valence-corrected chi connectivity index (χ3v) is 5.02. The van der Waals surface area contributed by atoms with Gasteiger partial charge < -0.3 is 9.47 Å². The zero-order valence-corrected chi connectivity index (χ0v) is 19.1. The lowest BCUT2D eigenvalue weighted by Gasteiger charge is -2.16. The van der Waals surface area contributed by atoms with E-state index in [2.05, 4.69) is 6.92 Å². The van der Waals surface area contributed by atoms with Crippen LogP contribution < -0.4 is 0 Å². The molecule has 4 nitrogen and oxygen atoms in total. The van der Waals surface area contributed by atoms with E-state index in [1.807, 2.05) is 13.8 Å². The van der Waals surface area contributed by atoms with Crippen LogP contribution in [0.5, 0.6) is 0 Å². The zero-order chi connectivity index (χ0) is 21.0. The van der Waals surface area contributed by atoms with E-state index in [4.69, 9.17) is 9.47 Å². The Hall–Kier alpha value is -1.06. The summed E-state index contributed by atoms with van der Waals surface area (Å²) in [5.41, 5.74) is 0. The van der Waals surface area contributed by atoms with Crippen molar-refractivity contribution in [3.05, 3.63) is 0 Å². The van der Waals surface area contributed by atoms with Crippen LogP contribution in [0.4, 0.5) is 0 Å². The van der Waals surface area contributed by atoms with Gasteiger partial charge in [0.15, 0.2) is 0 Å². The zero-order valence-electron chi connectivity index (χ0n) is 19.1. The summed E-state index contributed by atoms with van der Waals surface area (Å²) in [6.07, 6.45) is 16.3. The van der Waals surface area contributed by atoms with Gasteiger partial charge in [0.05, 0.1) is 25.6 Å². The molecule has 0 saturated heterocycles. The smallest absolute Gasteiger partial charge is 0.309 e. The molecule has 0 aliphatic rings. The van der Waals surface area contributed by atoms with Crippen LogP contribution in [0.2, 0.25) is 0 Å². The van der Waals surface area contributed by atoms with E-state index >= 15 is 0 Å². The normalized spacial score (nSPS) is 12.2. The molecule has 0 fully saturated rings. The van der Waals surface area contributed by atoms with E-state index in [9.17, 15) is 9.59 Å². The molecule has 0 saturated carbocycles. The van der Waals surface area contributed by atoms with Crippen LogP contribution >= 0.6 is 0 Å². The molecule has 0 bridgehead atoms. The highest BCUT2D eigenvalue weighted by Gasteiger charge is 2.24. The van der Waals surface area contributed by atoms with E-state index in [0.29, 0.717) is 25.6 Å². The minimum atomic E-state index is -0.360. The molecule has 0 aromatic rings. The maximum Gasteiger partial charge on any atom is 0.309 e.